The number of rotatable bonds is 5. The maximum Gasteiger partial charge on any atom is 0.309 e. The second-order valence-electron chi connectivity index (χ2n) is 7.12. The van der Waals surface area contributed by atoms with Gasteiger partial charge in [0.1, 0.15) is 23.9 Å². The molecule has 2 heterocycles. The third-order valence-electron chi connectivity index (χ3n) is 5.15. The van der Waals surface area contributed by atoms with E-state index in [0.717, 1.165) is 10.2 Å². The Morgan fingerprint density at radius 2 is 1.77 bits per heavy atom. The number of halogens is 1. The van der Waals surface area contributed by atoms with Crippen LogP contribution < -0.4 is 4.74 Å². The van der Waals surface area contributed by atoms with E-state index in [4.69, 9.17) is 9.47 Å². The first-order chi connectivity index (χ1) is 14.4. The zero-order valence-electron chi connectivity index (χ0n) is 16.2. The monoisotopic (exact) mass is 492 g/mol. The summed E-state index contributed by atoms with van der Waals surface area (Å²) in [5.41, 5.74) is 0.628. The van der Waals surface area contributed by atoms with Crippen molar-refractivity contribution in [2.24, 2.45) is 10.3 Å². The summed E-state index contributed by atoms with van der Waals surface area (Å²) in [4.78, 5) is 14.5. The number of fused-ring (bicyclic) bond motifs is 1. The lowest BCUT2D eigenvalue weighted by atomic mass is 9.96. The number of benzene rings is 2. The van der Waals surface area contributed by atoms with Crippen LogP contribution in [0.5, 0.6) is 5.75 Å². The summed E-state index contributed by atoms with van der Waals surface area (Å²) >= 11 is 3.36. The molecule has 7 nitrogen and oxygen atoms in total. The predicted octanol–water partition coefficient (Wildman–Crippen LogP) is 3.23. The molecule has 0 bridgehead atoms. The molecule has 0 radical (unpaired) electrons. The molecule has 9 heteroatoms. The Bertz CT molecular complexity index is 1060. The van der Waals surface area contributed by atoms with Gasteiger partial charge in [-0.1, -0.05) is 28.1 Å². The first-order valence-electron chi connectivity index (χ1n) is 9.68. The van der Waals surface area contributed by atoms with Crippen LogP contribution in [0.2, 0.25) is 0 Å². The van der Waals surface area contributed by atoms with E-state index in [2.05, 4.69) is 20.3 Å². The second-order valence-corrected chi connectivity index (χ2v) is 9.61. The van der Waals surface area contributed by atoms with Gasteiger partial charge in [-0.3, -0.25) is 4.79 Å². The third-order valence-corrected chi connectivity index (χ3v) is 7.00. The molecular formula is C21H21BrN2O5S. The molecule has 0 atom stereocenters. The molecule has 30 heavy (non-hydrogen) atoms. The molecule has 2 aliphatic rings. The van der Waals surface area contributed by atoms with Gasteiger partial charge < -0.3 is 14.4 Å². The molecule has 0 N–H and O–H groups in total. The average molecular weight is 493 g/mol. The first kappa shape index (κ1) is 20.9. The van der Waals surface area contributed by atoms with E-state index < -0.39 is 10.0 Å². The highest BCUT2D eigenvalue weighted by Crippen LogP contribution is 2.29. The van der Waals surface area contributed by atoms with Gasteiger partial charge in [-0.2, -0.15) is 8.42 Å². The van der Waals surface area contributed by atoms with Gasteiger partial charge in [-0.05, 0) is 49.2 Å². The number of carbonyl (C=O) groups excluding carboxylic acids is 1. The molecule has 1 saturated heterocycles. The van der Waals surface area contributed by atoms with Crippen LogP contribution in [0.1, 0.15) is 18.4 Å². The van der Waals surface area contributed by atoms with Crippen LogP contribution in [0.3, 0.4) is 0 Å². The molecule has 2 aliphatic heterocycles. The summed E-state index contributed by atoms with van der Waals surface area (Å²) in [6.45, 7) is 1.58. The van der Waals surface area contributed by atoms with Gasteiger partial charge in [0.2, 0.25) is 0 Å². The van der Waals surface area contributed by atoms with Gasteiger partial charge in [0.15, 0.2) is 5.84 Å². The van der Waals surface area contributed by atoms with Crippen LogP contribution in [0.25, 0.3) is 0 Å². The lowest BCUT2D eigenvalue weighted by molar-refractivity contribution is -0.150. The minimum atomic E-state index is -3.64. The Labute approximate surface area is 183 Å². The molecule has 2 aromatic carbocycles. The Hall–Kier alpha value is -2.39. The maximum absolute atomic E-state index is 12.4. The molecule has 0 unspecified atom stereocenters. The molecule has 0 saturated carbocycles. The number of nitrogens with zero attached hydrogens (tertiary/aromatic N) is 2. The van der Waals surface area contributed by atoms with Crippen LogP contribution in [0, 0.1) is 5.92 Å². The number of esters is 1. The van der Waals surface area contributed by atoms with Gasteiger partial charge >= 0.3 is 5.97 Å². The van der Waals surface area contributed by atoms with E-state index in [0.29, 0.717) is 37.3 Å². The summed E-state index contributed by atoms with van der Waals surface area (Å²) in [6, 6.07) is 14.3. The highest BCUT2D eigenvalue weighted by molar-refractivity contribution is 9.10. The van der Waals surface area contributed by atoms with Gasteiger partial charge in [0.25, 0.3) is 10.0 Å². The van der Waals surface area contributed by atoms with Crippen molar-refractivity contribution in [3.63, 3.8) is 0 Å². The first-order valence-corrected chi connectivity index (χ1v) is 11.9. The maximum atomic E-state index is 12.4. The lowest BCUT2D eigenvalue weighted by Gasteiger charge is -2.32. The van der Waals surface area contributed by atoms with E-state index in [-0.39, 0.29) is 30.0 Å². The van der Waals surface area contributed by atoms with Crippen molar-refractivity contribution in [1.29, 1.82) is 0 Å². The van der Waals surface area contributed by atoms with Gasteiger partial charge in [0, 0.05) is 23.1 Å². The normalized spacial score (nSPS) is 17.9. The highest BCUT2D eigenvalue weighted by atomic mass is 79.9. The number of hydrogen-bond donors (Lipinski definition) is 0. The lowest BCUT2D eigenvalue weighted by Crippen LogP contribution is -2.40. The largest absolute Gasteiger partial charge is 0.490 e. The van der Waals surface area contributed by atoms with E-state index in [1.807, 2.05) is 29.2 Å². The van der Waals surface area contributed by atoms with Crippen LogP contribution in [-0.4, -0.2) is 51.4 Å². The number of piperidine rings is 1. The third kappa shape index (κ3) is 4.52. The van der Waals surface area contributed by atoms with Crippen molar-refractivity contribution in [1.82, 2.24) is 4.90 Å². The number of carbonyl (C=O) groups is 1. The van der Waals surface area contributed by atoms with E-state index in [1.165, 1.54) is 0 Å². The molecule has 4 rings (SSSR count). The van der Waals surface area contributed by atoms with Crippen molar-refractivity contribution in [3.05, 3.63) is 58.6 Å². The molecule has 0 aliphatic carbocycles. The van der Waals surface area contributed by atoms with Crippen molar-refractivity contribution >= 4 is 37.8 Å². The summed E-state index contributed by atoms with van der Waals surface area (Å²) in [7, 11) is -3.64. The summed E-state index contributed by atoms with van der Waals surface area (Å²) in [6.07, 6.45) is 1.18. The SMILES string of the molecule is O=C(OCCOc1ccc(Br)cc1)C1CCN(C2=NS(=O)(=O)c3ccccc32)CC1. The fourth-order valence-corrected chi connectivity index (χ4v) is 5.09. The van der Waals surface area contributed by atoms with Crippen molar-refractivity contribution < 1.29 is 22.7 Å². The minimum Gasteiger partial charge on any atom is -0.490 e. The number of ether oxygens (including phenoxy) is 2. The molecule has 0 aromatic heterocycles. The van der Waals surface area contributed by atoms with Crippen LogP contribution in [0.15, 0.2) is 62.3 Å². The molecular weight excluding hydrogens is 472 g/mol. The fourth-order valence-electron chi connectivity index (χ4n) is 3.59. The van der Waals surface area contributed by atoms with Crippen LogP contribution in [-0.2, 0) is 19.6 Å². The Morgan fingerprint density at radius 1 is 1.07 bits per heavy atom. The molecule has 2 aromatic rings. The molecule has 1 fully saturated rings. The van der Waals surface area contributed by atoms with Crippen molar-refractivity contribution in [2.75, 3.05) is 26.3 Å². The topological polar surface area (TPSA) is 85.3 Å². The average Bonchev–Trinajstić information content (AvgIpc) is 3.04. The number of hydrogen-bond acceptors (Lipinski definition) is 6. The smallest absolute Gasteiger partial charge is 0.309 e. The zero-order valence-corrected chi connectivity index (χ0v) is 18.6. The molecule has 0 spiro atoms. The number of sulfonamides is 1. The summed E-state index contributed by atoms with van der Waals surface area (Å²) in [5.74, 6) is 0.744. The summed E-state index contributed by atoms with van der Waals surface area (Å²) in [5, 5.41) is 0. The Morgan fingerprint density at radius 3 is 2.50 bits per heavy atom. The zero-order chi connectivity index (χ0) is 21.1. The van der Waals surface area contributed by atoms with Gasteiger partial charge in [-0.15, -0.1) is 4.40 Å². The van der Waals surface area contributed by atoms with Crippen molar-refractivity contribution in [3.8, 4) is 5.75 Å². The standard InChI is InChI=1S/C21H21BrN2O5S/c22-16-5-7-17(8-6-16)28-13-14-29-21(25)15-9-11-24(12-10-15)20-18-3-1-2-4-19(18)30(26,27)23-20/h1-8,15H,9-14H2. The van der Waals surface area contributed by atoms with Crippen LogP contribution in [0.4, 0.5) is 0 Å². The quantitative estimate of drug-likeness (QED) is 0.470. The highest BCUT2D eigenvalue weighted by Gasteiger charge is 2.34. The Kier molecular flexibility index (Phi) is 6.10. The minimum absolute atomic E-state index is 0.188. The van der Waals surface area contributed by atoms with E-state index in [9.17, 15) is 13.2 Å². The van der Waals surface area contributed by atoms with Crippen molar-refractivity contribution in [2.45, 2.75) is 17.7 Å². The van der Waals surface area contributed by atoms with Gasteiger partial charge in [0.05, 0.1) is 5.92 Å². The number of amidine groups is 1. The fraction of sp³-hybridized carbons (Fsp3) is 0.333. The molecule has 158 valence electrons. The van der Waals surface area contributed by atoms with Crippen LogP contribution >= 0.6 is 15.9 Å². The summed E-state index contributed by atoms with van der Waals surface area (Å²) < 4.78 is 40.3. The van der Waals surface area contributed by atoms with E-state index >= 15 is 0 Å². The van der Waals surface area contributed by atoms with Gasteiger partial charge in [-0.25, -0.2) is 0 Å². The van der Waals surface area contributed by atoms with E-state index in [1.54, 1.807) is 24.3 Å². The predicted molar refractivity (Wildman–Crippen MR) is 115 cm³/mol. The number of likely N-dealkylation sites (tertiary alicyclic amines) is 1. The second kappa shape index (κ2) is 8.77. The molecule has 0 amide bonds. The Balaban J connectivity index is 1.26.